The highest BCUT2D eigenvalue weighted by molar-refractivity contribution is 7.99. The zero-order chi connectivity index (χ0) is 101. The van der Waals surface area contributed by atoms with Gasteiger partial charge in [0.05, 0.1) is 111 Å². The molecule has 744 valence electrons. The van der Waals surface area contributed by atoms with E-state index in [1.54, 1.807) is 93.9 Å². The molecule has 0 spiro atoms. The summed E-state index contributed by atoms with van der Waals surface area (Å²) in [6, 6.07) is 30.5. The number of aliphatic hydroxyl groups is 3. The summed E-state index contributed by atoms with van der Waals surface area (Å²) in [6.45, 7) is 27.2. The number of benzene rings is 8. The van der Waals surface area contributed by atoms with Crippen LogP contribution in [0, 0.1) is 27.7 Å². The second-order valence-corrected chi connectivity index (χ2v) is 44.6. The van der Waals surface area contributed by atoms with E-state index in [0.29, 0.717) is 113 Å². The van der Waals surface area contributed by atoms with Crippen molar-refractivity contribution in [2.75, 3.05) is 77.4 Å². The number of aromatic nitrogens is 4. The van der Waals surface area contributed by atoms with Crippen LogP contribution in [0.1, 0.15) is 176 Å². The average Bonchev–Trinajstić information content (AvgIpc) is 1.58. The number of hydrogen-bond donors (Lipinski definition) is 5. The third kappa shape index (κ3) is 24.0. The highest BCUT2D eigenvalue weighted by Crippen LogP contribution is 2.49. The van der Waals surface area contributed by atoms with Gasteiger partial charge in [-0.05, 0) is 257 Å². The molecule has 17 rings (SSSR count). The molecule has 0 saturated carbocycles. The van der Waals surface area contributed by atoms with Crippen molar-refractivity contribution in [2.45, 2.75) is 251 Å². The number of alkyl halides is 12. The van der Waals surface area contributed by atoms with E-state index in [0.717, 1.165) is 142 Å². The molecular formula is C99H116F12N8O14S4. The number of likely N-dealkylation sites (tertiary alicyclic amines) is 3. The van der Waals surface area contributed by atoms with Crippen LogP contribution in [-0.2, 0) is 63.3 Å². The Morgan fingerprint density at radius 1 is 0.387 bits per heavy atom. The number of β-amino-alcohol motifs (C(OH)–C–C–N with tert-alkyl or cyclic N) is 3. The molecule has 137 heavy (non-hydrogen) atoms. The predicted octanol–water partition coefficient (Wildman–Crippen LogP) is 23.2. The summed E-state index contributed by atoms with van der Waals surface area (Å²) in [4.78, 5) is 43.8. The van der Waals surface area contributed by atoms with E-state index < -0.39 is 136 Å². The molecule has 22 nitrogen and oxygen atoms in total. The minimum absolute atomic E-state index is 0.0355. The van der Waals surface area contributed by atoms with Crippen molar-refractivity contribution in [3.63, 3.8) is 0 Å². The summed E-state index contributed by atoms with van der Waals surface area (Å²) in [5.41, 5.74) is 3.23. The fourth-order valence-corrected chi connectivity index (χ4v) is 21.6. The fourth-order valence-electron chi connectivity index (χ4n) is 18.5. The number of aliphatic hydroxyl groups excluding tert-OH is 3. The standard InChI is InChI=1S/C26H31F3N2O5S.C26H31F3N2O3S.C21H23F3N2O3S.C15H12F3NS.C11H19NO3/c1-15-8-9-19-16(11-15)17-12-18(26(27,28)29)23(37(5,34)35)13-21(17)31(19)20-7-6-10-30(14-22(20)32)24(33)36-25(2,3)4;1-15-8-9-19-16(11-15)17-12-18(26(27,28)29)23(35-5)13-21(17)31(19)20-7-6-10-30(14-22(20)32)24(33)34-25(2,3)4;1-12-5-6-16-13(8-12)14-9-15(21(22,23)24)20(30(2,28)29)10-18(14)26(16)17-4-3-7-25-11-19(17)27;1-8-3-4-12-9(5-8)10-6-11(15(16,17)18)14(20-2)7-13(10)19-12;1-11(2,3)15-10(13)12-6-4-5-8-9(7-12)14-8/h8-9,11-13,20,22,32H,6-7,10,14H2,1-5H3;8-9,11-13,20,22,32H,6-7,10,14H2,1-5H3;5-6,8-10,17,19,25,27H,3-4,7,11H2,1-2H3;3-7,19H,1-2H3;8-9H,4-7H2,1-3H3/t2*20-,22-;17-,19-;;/m111../s1. The number of rotatable bonds is 7. The molecule has 0 bridgehead atoms. The number of H-pyrrole nitrogens is 1. The Morgan fingerprint density at radius 3 is 1.09 bits per heavy atom. The van der Waals surface area contributed by atoms with Gasteiger partial charge in [0.25, 0.3) is 0 Å². The first-order chi connectivity index (χ1) is 63.6. The number of aryl methyl sites for hydroxylation is 4. The average molecular weight is 2000 g/mol. The molecule has 38 heteroatoms. The number of ether oxygens (including phenoxy) is 4. The normalized spacial score (nSPS) is 20.2. The molecule has 3 amide bonds. The Kier molecular flexibility index (Phi) is 30.4. The van der Waals surface area contributed by atoms with Crippen molar-refractivity contribution in [1.82, 2.24) is 38.7 Å². The molecule has 8 aromatic carbocycles. The number of aromatic amines is 1. The molecule has 2 unspecified atom stereocenters. The van der Waals surface area contributed by atoms with E-state index in [4.69, 9.17) is 18.9 Å². The van der Waals surface area contributed by atoms with Gasteiger partial charge in [0.15, 0.2) is 19.7 Å². The number of sulfone groups is 2. The molecule has 9 heterocycles. The summed E-state index contributed by atoms with van der Waals surface area (Å²) in [6.07, 6.45) is -11.4. The van der Waals surface area contributed by atoms with Crippen LogP contribution < -0.4 is 5.32 Å². The van der Waals surface area contributed by atoms with Crippen LogP contribution in [0.25, 0.3) is 87.2 Å². The van der Waals surface area contributed by atoms with Crippen molar-refractivity contribution in [2.24, 2.45) is 0 Å². The van der Waals surface area contributed by atoms with E-state index >= 15 is 0 Å². The van der Waals surface area contributed by atoms with Crippen LogP contribution in [-0.4, -0.2) is 209 Å². The van der Waals surface area contributed by atoms with Crippen molar-refractivity contribution >= 4 is 149 Å². The van der Waals surface area contributed by atoms with Crippen LogP contribution in [0.3, 0.4) is 0 Å². The van der Waals surface area contributed by atoms with Gasteiger partial charge >= 0.3 is 43.0 Å². The number of amides is 3. The van der Waals surface area contributed by atoms with Crippen LogP contribution in [0.15, 0.2) is 141 Å². The molecule has 4 aromatic heterocycles. The largest absolute Gasteiger partial charge is 0.444 e. The third-order valence-corrected chi connectivity index (χ3v) is 28.5. The zero-order valence-corrected chi connectivity index (χ0v) is 82.4. The lowest BCUT2D eigenvalue weighted by Gasteiger charge is -2.29. The molecular weight excluding hydrogens is 1880 g/mol. The van der Waals surface area contributed by atoms with Crippen molar-refractivity contribution < 1.29 is 118 Å². The molecule has 5 aliphatic heterocycles. The van der Waals surface area contributed by atoms with E-state index in [9.17, 15) is 99.2 Å². The van der Waals surface area contributed by atoms with Gasteiger partial charge in [-0.25, -0.2) is 31.2 Å². The summed E-state index contributed by atoms with van der Waals surface area (Å²) in [5.74, 6) is 0. The number of fused-ring (bicyclic) bond motifs is 13. The number of carbonyl (C=O) groups excluding carboxylic acids is 3. The highest BCUT2D eigenvalue weighted by atomic mass is 32.2. The fraction of sp³-hybridized carbons (Fsp3) is 0.485. The molecule has 5 N–H and O–H groups in total. The number of carbonyl (C=O) groups is 3. The first-order valence-electron chi connectivity index (χ1n) is 45.0. The summed E-state index contributed by atoms with van der Waals surface area (Å²) >= 11 is 2.16. The van der Waals surface area contributed by atoms with E-state index in [1.165, 1.54) is 21.9 Å². The van der Waals surface area contributed by atoms with Crippen LogP contribution in [0.2, 0.25) is 0 Å². The van der Waals surface area contributed by atoms with Gasteiger partial charge in [0, 0.05) is 119 Å². The maximum absolute atomic E-state index is 13.9. The Morgan fingerprint density at radius 2 is 0.708 bits per heavy atom. The molecule has 0 radical (unpaired) electrons. The van der Waals surface area contributed by atoms with Gasteiger partial charge in [-0.3, -0.25) is 0 Å². The lowest BCUT2D eigenvalue weighted by Crippen LogP contribution is -2.41. The summed E-state index contributed by atoms with van der Waals surface area (Å²) < 4.78 is 241. The van der Waals surface area contributed by atoms with Crippen molar-refractivity contribution in [3.8, 4) is 0 Å². The molecule has 5 saturated heterocycles. The number of nitrogens with one attached hydrogen (secondary N) is 2. The molecule has 5 fully saturated rings. The van der Waals surface area contributed by atoms with Gasteiger partial charge in [0.1, 0.15) is 22.9 Å². The molecule has 5 aliphatic rings. The SMILES string of the molecule is CC(C)(C)OC(=O)N1CCCC2OC2C1.CSc1cc2[nH]c3ccc(C)cc3c2cc1C(F)(F)F.CSc1cc2c(cc1C(F)(F)F)c1cc(C)ccc1n2[C@@H]1CCCN(C(=O)OC(C)(C)C)C[C@H]1O.Cc1ccc2c(c1)c1cc(C(F)(F)F)c(S(C)(=O)=O)cc1n2[C@@H]1CCCN(C(=O)OC(C)(C)C)C[C@H]1O.Cc1ccc2c(c1)c1cc(C(F)(F)F)c(S(C)(=O)=O)cc1n2[C@@H]1CCCNC[C@H]1O. The number of hydrogen-bond acceptors (Lipinski definition) is 17. The number of halogens is 12. The molecule has 0 aliphatic carbocycles. The monoisotopic (exact) mass is 2000 g/mol. The maximum Gasteiger partial charge on any atom is 0.417 e. The topological polar surface area (TPSA) is 273 Å². The quantitative estimate of drug-likeness (QED) is 0.0429. The van der Waals surface area contributed by atoms with Crippen LogP contribution in [0.5, 0.6) is 0 Å². The van der Waals surface area contributed by atoms with Crippen LogP contribution >= 0.6 is 23.5 Å². The van der Waals surface area contributed by atoms with Gasteiger partial charge in [-0.15, -0.1) is 23.5 Å². The van der Waals surface area contributed by atoms with Gasteiger partial charge in [0.2, 0.25) is 0 Å². The van der Waals surface area contributed by atoms with Gasteiger partial charge in [-0.2, -0.15) is 52.7 Å². The Hall–Kier alpha value is -9.67. The second kappa shape index (κ2) is 39.8. The predicted molar refractivity (Wildman–Crippen MR) is 510 cm³/mol. The van der Waals surface area contributed by atoms with Crippen molar-refractivity contribution in [1.29, 1.82) is 0 Å². The molecule has 8 atom stereocenters. The summed E-state index contributed by atoms with van der Waals surface area (Å²) in [7, 11) is -8.35. The lowest BCUT2D eigenvalue weighted by molar-refractivity contribution is -0.140. The maximum atomic E-state index is 13.9. The van der Waals surface area contributed by atoms with Gasteiger partial charge < -0.3 is 73.0 Å². The minimum Gasteiger partial charge on any atom is -0.444 e. The summed E-state index contributed by atoms with van der Waals surface area (Å²) in [5, 5.41) is 40.8. The van der Waals surface area contributed by atoms with E-state index in [-0.39, 0.29) is 52.0 Å². The number of thioether (sulfide) groups is 2. The van der Waals surface area contributed by atoms with Gasteiger partial charge in [-0.1, -0.05) is 46.5 Å². The van der Waals surface area contributed by atoms with E-state index in [1.807, 2.05) is 112 Å². The van der Waals surface area contributed by atoms with Crippen LogP contribution in [0.4, 0.5) is 67.1 Å². The van der Waals surface area contributed by atoms with Crippen molar-refractivity contribution in [3.05, 3.63) is 166 Å². The first kappa shape index (κ1) is 105. The smallest absolute Gasteiger partial charge is 0.417 e. The first-order valence-corrected chi connectivity index (χ1v) is 51.3. The Balaban J connectivity index is 0.000000149. The number of nitrogens with zero attached hydrogens (tertiary/aromatic N) is 6. The number of epoxide rings is 1. The Bertz CT molecular complexity index is 6810. The minimum atomic E-state index is -4.87. The van der Waals surface area contributed by atoms with E-state index in [2.05, 4.69) is 10.3 Å². The third-order valence-electron chi connectivity index (χ3n) is 24.7. The second-order valence-electron chi connectivity index (χ2n) is 38.9. The lowest BCUT2D eigenvalue weighted by atomic mass is 10.1. The zero-order valence-electron chi connectivity index (χ0n) is 79.2. The highest BCUT2D eigenvalue weighted by Gasteiger charge is 2.46. The Labute approximate surface area is 795 Å². The molecule has 12 aromatic rings.